The van der Waals surface area contributed by atoms with E-state index in [-0.39, 0.29) is 11.7 Å². The predicted octanol–water partition coefficient (Wildman–Crippen LogP) is -0.601. The van der Waals surface area contributed by atoms with Gasteiger partial charge in [-0.3, -0.25) is 4.79 Å². The van der Waals surface area contributed by atoms with Gasteiger partial charge in [-0.05, 0) is 13.0 Å². The Morgan fingerprint density at radius 1 is 1.40 bits per heavy atom. The number of hydrogen-bond acceptors (Lipinski definition) is 6. The number of rotatable bonds is 7. The van der Waals surface area contributed by atoms with Gasteiger partial charge in [-0.1, -0.05) is 0 Å². The number of ether oxygens (including phenoxy) is 1. The third-order valence-corrected chi connectivity index (χ3v) is 2.70. The molecule has 0 aliphatic rings. The number of methoxy groups -OCH3 is 1. The fourth-order valence-electron chi connectivity index (χ4n) is 1.65. The summed E-state index contributed by atoms with van der Waals surface area (Å²) < 4.78 is 6.45. The molecule has 0 fully saturated rings. The van der Waals surface area contributed by atoms with Crippen LogP contribution in [0.3, 0.4) is 0 Å². The lowest BCUT2D eigenvalue weighted by molar-refractivity contribution is 0.0943. The first-order valence-corrected chi connectivity index (χ1v) is 6.38. The van der Waals surface area contributed by atoms with Crippen LogP contribution in [0.4, 0.5) is 0 Å². The van der Waals surface area contributed by atoms with Crippen molar-refractivity contribution in [3.05, 3.63) is 23.8 Å². The lowest BCUT2D eigenvalue weighted by Gasteiger charge is -2.04. The van der Waals surface area contributed by atoms with Gasteiger partial charge in [0.05, 0.1) is 6.61 Å². The fraction of sp³-hybridized carbons (Fsp3) is 0.500. The molecule has 8 heteroatoms. The smallest absolute Gasteiger partial charge is 0.291 e. The minimum absolute atomic E-state index is 0.128. The predicted molar refractivity (Wildman–Crippen MR) is 72.6 cm³/mol. The summed E-state index contributed by atoms with van der Waals surface area (Å²) in [5.41, 5.74) is 0.878. The Hall–Kier alpha value is -2.06. The van der Waals surface area contributed by atoms with Gasteiger partial charge in [0.15, 0.2) is 0 Å². The molecule has 0 aliphatic carbocycles. The molecule has 2 heterocycles. The van der Waals surface area contributed by atoms with E-state index >= 15 is 0 Å². The topological polar surface area (TPSA) is 93.4 Å². The van der Waals surface area contributed by atoms with Crippen LogP contribution in [0.25, 0.3) is 5.78 Å². The van der Waals surface area contributed by atoms with E-state index in [2.05, 4.69) is 25.7 Å². The summed E-state index contributed by atoms with van der Waals surface area (Å²) in [4.78, 5) is 20.0. The second kappa shape index (κ2) is 6.92. The molecule has 2 aromatic heterocycles. The van der Waals surface area contributed by atoms with Crippen LogP contribution in [0, 0.1) is 6.92 Å². The Morgan fingerprint density at radius 3 is 3.00 bits per heavy atom. The highest BCUT2D eigenvalue weighted by atomic mass is 16.5. The number of carbonyl (C=O) groups excluding carboxylic acids is 1. The van der Waals surface area contributed by atoms with Crippen LogP contribution in [0.1, 0.15) is 16.3 Å². The van der Waals surface area contributed by atoms with E-state index in [0.29, 0.717) is 25.5 Å². The van der Waals surface area contributed by atoms with Crippen molar-refractivity contribution >= 4 is 11.7 Å². The SMILES string of the molecule is COCCNCCNC(=O)c1nc2nccc(C)n2n1. The zero-order valence-corrected chi connectivity index (χ0v) is 11.6. The largest absolute Gasteiger partial charge is 0.383 e. The maximum Gasteiger partial charge on any atom is 0.291 e. The highest BCUT2D eigenvalue weighted by Crippen LogP contribution is 2.01. The second-order valence-corrected chi connectivity index (χ2v) is 4.23. The molecule has 0 spiro atoms. The highest BCUT2D eigenvalue weighted by Gasteiger charge is 2.13. The first-order chi connectivity index (χ1) is 9.72. The number of nitrogens with zero attached hydrogens (tertiary/aromatic N) is 4. The average Bonchev–Trinajstić information content (AvgIpc) is 2.88. The van der Waals surface area contributed by atoms with Crippen LogP contribution in [0.5, 0.6) is 0 Å². The summed E-state index contributed by atoms with van der Waals surface area (Å²) in [5.74, 6) is 0.250. The molecule has 0 aromatic carbocycles. The molecule has 0 radical (unpaired) electrons. The Kier molecular flexibility index (Phi) is 4.97. The zero-order valence-electron chi connectivity index (χ0n) is 11.6. The molecule has 0 saturated carbocycles. The van der Waals surface area contributed by atoms with E-state index in [0.717, 1.165) is 12.2 Å². The Balaban J connectivity index is 1.86. The number of carbonyl (C=O) groups is 1. The van der Waals surface area contributed by atoms with Crippen molar-refractivity contribution in [2.45, 2.75) is 6.92 Å². The number of amides is 1. The molecular weight excluding hydrogens is 260 g/mol. The van der Waals surface area contributed by atoms with E-state index in [1.54, 1.807) is 17.8 Å². The van der Waals surface area contributed by atoms with Crippen molar-refractivity contribution in [3.63, 3.8) is 0 Å². The first-order valence-electron chi connectivity index (χ1n) is 6.38. The van der Waals surface area contributed by atoms with Crippen molar-refractivity contribution in [1.29, 1.82) is 0 Å². The molecule has 0 atom stereocenters. The van der Waals surface area contributed by atoms with Gasteiger partial charge < -0.3 is 15.4 Å². The average molecular weight is 278 g/mol. The lowest BCUT2D eigenvalue weighted by atomic mass is 10.5. The maximum atomic E-state index is 11.9. The Bertz CT molecular complexity index is 582. The van der Waals surface area contributed by atoms with Crippen LogP contribution < -0.4 is 10.6 Å². The van der Waals surface area contributed by atoms with Gasteiger partial charge in [0.25, 0.3) is 11.7 Å². The Morgan fingerprint density at radius 2 is 2.25 bits per heavy atom. The summed E-state index contributed by atoms with van der Waals surface area (Å²) in [6.45, 7) is 4.45. The van der Waals surface area contributed by atoms with E-state index in [9.17, 15) is 4.79 Å². The number of hydrogen-bond donors (Lipinski definition) is 2. The molecule has 2 rings (SSSR count). The quantitative estimate of drug-likeness (QED) is 0.657. The van der Waals surface area contributed by atoms with Crippen LogP contribution in [0.15, 0.2) is 12.3 Å². The van der Waals surface area contributed by atoms with Crippen LogP contribution >= 0.6 is 0 Å². The summed E-state index contributed by atoms with van der Waals surface area (Å²) in [6.07, 6.45) is 1.64. The molecule has 2 N–H and O–H groups in total. The van der Waals surface area contributed by atoms with E-state index in [4.69, 9.17) is 4.74 Å². The third-order valence-electron chi connectivity index (χ3n) is 2.70. The summed E-state index contributed by atoms with van der Waals surface area (Å²) in [6, 6.07) is 1.81. The van der Waals surface area contributed by atoms with Gasteiger partial charge in [-0.15, -0.1) is 5.10 Å². The van der Waals surface area contributed by atoms with Gasteiger partial charge in [-0.2, -0.15) is 4.98 Å². The van der Waals surface area contributed by atoms with Gasteiger partial charge in [0.1, 0.15) is 0 Å². The molecule has 0 saturated heterocycles. The van der Waals surface area contributed by atoms with Crippen molar-refractivity contribution in [2.24, 2.45) is 0 Å². The van der Waals surface area contributed by atoms with Crippen LogP contribution in [0.2, 0.25) is 0 Å². The number of aryl methyl sites for hydroxylation is 1. The fourth-order valence-corrected chi connectivity index (χ4v) is 1.65. The first kappa shape index (κ1) is 14.4. The van der Waals surface area contributed by atoms with E-state index in [1.165, 1.54) is 0 Å². The normalized spacial score (nSPS) is 10.9. The molecule has 0 bridgehead atoms. The molecular formula is C12H18N6O2. The third kappa shape index (κ3) is 3.49. The summed E-state index contributed by atoms with van der Waals surface area (Å²) in [7, 11) is 1.65. The summed E-state index contributed by atoms with van der Waals surface area (Å²) >= 11 is 0. The molecule has 108 valence electrons. The van der Waals surface area contributed by atoms with Crippen LogP contribution in [-0.4, -0.2) is 58.8 Å². The van der Waals surface area contributed by atoms with Crippen molar-refractivity contribution in [1.82, 2.24) is 30.2 Å². The highest BCUT2D eigenvalue weighted by molar-refractivity contribution is 5.90. The standard InChI is InChI=1S/C12H18N6O2/c1-9-3-4-15-12-16-10(17-18(9)12)11(19)14-6-5-13-7-8-20-2/h3-4,13H,5-8H2,1-2H3,(H,14,19). The molecule has 8 nitrogen and oxygen atoms in total. The monoisotopic (exact) mass is 278 g/mol. The summed E-state index contributed by atoms with van der Waals surface area (Å²) in [5, 5.41) is 10.0. The molecule has 0 unspecified atom stereocenters. The molecule has 1 amide bonds. The van der Waals surface area contributed by atoms with Crippen molar-refractivity contribution in [2.75, 3.05) is 33.4 Å². The number of fused-ring (bicyclic) bond motifs is 1. The minimum Gasteiger partial charge on any atom is -0.383 e. The van der Waals surface area contributed by atoms with Gasteiger partial charge in [0.2, 0.25) is 5.82 Å². The second-order valence-electron chi connectivity index (χ2n) is 4.23. The zero-order chi connectivity index (χ0) is 14.4. The Labute approximate surface area is 116 Å². The van der Waals surface area contributed by atoms with Crippen molar-refractivity contribution in [3.8, 4) is 0 Å². The van der Waals surface area contributed by atoms with Gasteiger partial charge >= 0.3 is 0 Å². The minimum atomic E-state index is -0.302. The van der Waals surface area contributed by atoms with E-state index < -0.39 is 0 Å². The molecule has 20 heavy (non-hydrogen) atoms. The van der Waals surface area contributed by atoms with E-state index in [1.807, 2.05) is 13.0 Å². The number of aromatic nitrogens is 4. The lowest BCUT2D eigenvalue weighted by Crippen LogP contribution is -2.33. The van der Waals surface area contributed by atoms with Gasteiger partial charge in [0, 0.05) is 38.6 Å². The molecule has 2 aromatic rings. The maximum absolute atomic E-state index is 11.9. The van der Waals surface area contributed by atoms with Crippen LogP contribution in [-0.2, 0) is 4.74 Å². The van der Waals surface area contributed by atoms with Crippen molar-refractivity contribution < 1.29 is 9.53 Å². The molecule has 0 aliphatic heterocycles. The number of nitrogens with one attached hydrogen (secondary N) is 2. The van der Waals surface area contributed by atoms with Gasteiger partial charge in [-0.25, -0.2) is 9.50 Å².